The molecule has 0 amide bonds. The third-order valence-corrected chi connectivity index (χ3v) is 5.60. The molecule has 0 radical (unpaired) electrons. The smallest absolute Gasteiger partial charge is 0.341 e. The second-order valence-electron chi connectivity index (χ2n) is 8.70. The molecule has 0 saturated heterocycles. The van der Waals surface area contributed by atoms with Crippen LogP contribution < -0.4 is 16.6 Å². The number of halogens is 3. The topological polar surface area (TPSA) is 61.0 Å². The maximum atomic E-state index is 13.2. The van der Waals surface area contributed by atoms with Gasteiger partial charge in [-0.3, -0.25) is 13.9 Å². The van der Waals surface area contributed by atoms with Crippen molar-refractivity contribution >= 4 is 22.4 Å². The minimum Gasteiger partial charge on any atom is -0.341 e. The molecule has 0 atom stereocenters. The number of hydrogen-bond donors (Lipinski definition) is 1. The van der Waals surface area contributed by atoms with E-state index in [0.717, 1.165) is 22.4 Å². The Morgan fingerprint density at radius 1 is 0.971 bits per heavy atom. The van der Waals surface area contributed by atoms with Gasteiger partial charge in [-0.05, 0) is 35.7 Å². The lowest BCUT2D eigenvalue weighted by Crippen LogP contribution is -2.38. The zero-order chi connectivity index (χ0) is 24.6. The van der Waals surface area contributed by atoms with Crippen LogP contribution in [0.3, 0.4) is 0 Å². The van der Waals surface area contributed by atoms with E-state index < -0.39 is 23.0 Å². The van der Waals surface area contributed by atoms with E-state index in [9.17, 15) is 22.8 Å². The SMILES string of the molecule is CC(C)Cn1c(=O)n(C)c(=O)c2c(Nc3ccccc3)n(Cc3ccc(C(F)(F)F)cc3)cc21. The molecule has 1 N–H and O–H groups in total. The van der Waals surface area contributed by atoms with Crippen molar-refractivity contribution in [3.05, 3.63) is 92.8 Å². The standard InChI is InChI=1S/C25H25F3N4O2/c1-16(2)13-32-20-15-31(14-17-9-11-18(12-10-17)25(26,27)28)22(29-19-7-5-4-6-8-19)21(20)23(33)30(3)24(32)34/h4-12,15-16,29H,13-14H2,1-3H3. The minimum absolute atomic E-state index is 0.155. The summed E-state index contributed by atoms with van der Waals surface area (Å²) in [5.74, 6) is 0.626. The van der Waals surface area contributed by atoms with Gasteiger partial charge in [0.1, 0.15) is 11.2 Å². The number of benzene rings is 2. The van der Waals surface area contributed by atoms with Crippen molar-refractivity contribution in [1.29, 1.82) is 0 Å². The van der Waals surface area contributed by atoms with E-state index in [4.69, 9.17) is 0 Å². The van der Waals surface area contributed by atoms with E-state index >= 15 is 0 Å². The normalized spacial score (nSPS) is 12.0. The van der Waals surface area contributed by atoms with Gasteiger partial charge < -0.3 is 9.88 Å². The van der Waals surface area contributed by atoms with E-state index in [1.165, 1.54) is 19.2 Å². The van der Waals surface area contributed by atoms with Crippen LogP contribution in [0.4, 0.5) is 24.7 Å². The van der Waals surface area contributed by atoms with Crippen LogP contribution in [0.1, 0.15) is 25.0 Å². The van der Waals surface area contributed by atoms with Gasteiger partial charge in [0.25, 0.3) is 5.56 Å². The highest BCUT2D eigenvalue weighted by molar-refractivity contribution is 5.92. The van der Waals surface area contributed by atoms with Gasteiger partial charge in [-0.25, -0.2) is 4.79 Å². The van der Waals surface area contributed by atoms with Crippen molar-refractivity contribution in [2.45, 2.75) is 33.1 Å². The Balaban J connectivity index is 1.91. The molecule has 0 saturated carbocycles. The van der Waals surface area contributed by atoms with Crippen molar-refractivity contribution in [1.82, 2.24) is 13.7 Å². The third-order valence-electron chi connectivity index (χ3n) is 5.60. The first kappa shape index (κ1) is 23.4. The van der Waals surface area contributed by atoms with Gasteiger partial charge in [0.15, 0.2) is 0 Å². The summed E-state index contributed by atoms with van der Waals surface area (Å²) in [6.45, 7) is 4.58. The lowest BCUT2D eigenvalue weighted by molar-refractivity contribution is -0.137. The highest BCUT2D eigenvalue weighted by Gasteiger charge is 2.30. The maximum Gasteiger partial charge on any atom is 0.416 e. The zero-order valence-electron chi connectivity index (χ0n) is 19.1. The molecule has 0 bridgehead atoms. The van der Waals surface area contributed by atoms with Gasteiger partial charge in [0, 0.05) is 32.0 Å². The van der Waals surface area contributed by atoms with Gasteiger partial charge in [-0.1, -0.05) is 44.2 Å². The Bertz CT molecular complexity index is 1430. The monoisotopic (exact) mass is 470 g/mol. The number of hydrogen-bond acceptors (Lipinski definition) is 3. The Kier molecular flexibility index (Phi) is 6.12. The van der Waals surface area contributed by atoms with Crippen molar-refractivity contribution in [2.24, 2.45) is 13.0 Å². The molecule has 0 aliphatic carbocycles. The minimum atomic E-state index is -4.42. The lowest BCUT2D eigenvalue weighted by Gasteiger charge is -2.13. The maximum absolute atomic E-state index is 13.2. The Morgan fingerprint density at radius 2 is 1.62 bits per heavy atom. The quantitative estimate of drug-likeness (QED) is 0.433. The summed E-state index contributed by atoms with van der Waals surface area (Å²) in [7, 11) is 1.44. The fraction of sp³-hybridized carbons (Fsp3) is 0.280. The van der Waals surface area contributed by atoms with Gasteiger partial charge >= 0.3 is 11.9 Å². The average molecular weight is 470 g/mol. The third kappa shape index (κ3) is 4.50. The second-order valence-corrected chi connectivity index (χ2v) is 8.70. The molecule has 0 spiro atoms. The predicted octanol–water partition coefficient (Wildman–Crippen LogP) is 4.97. The molecule has 6 nitrogen and oxygen atoms in total. The summed E-state index contributed by atoms with van der Waals surface area (Å²) in [5.41, 5.74) is 0.260. The highest BCUT2D eigenvalue weighted by Crippen LogP contribution is 2.30. The van der Waals surface area contributed by atoms with Crippen LogP contribution in [0.5, 0.6) is 0 Å². The summed E-state index contributed by atoms with van der Waals surface area (Å²) < 4.78 is 43.3. The number of nitrogens with zero attached hydrogens (tertiary/aromatic N) is 3. The van der Waals surface area contributed by atoms with E-state index in [1.807, 2.05) is 44.2 Å². The van der Waals surface area contributed by atoms with Crippen LogP contribution in [-0.4, -0.2) is 13.7 Å². The molecule has 34 heavy (non-hydrogen) atoms. The number of aromatic nitrogens is 3. The van der Waals surface area contributed by atoms with Gasteiger partial charge in [-0.15, -0.1) is 0 Å². The van der Waals surface area contributed by atoms with E-state index in [0.29, 0.717) is 28.8 Å². The van der Waals surface area contributed by atoms with Gasteiger partial charge in [-0.2, -0.15) is 13.2 Å². The number of fused-ring (bicyclic) bond motifs is 1. The van der Waals surface area contributed by atoms with Crippen LogP contribution in [0, 0.1) is 5.92 Å². The Hall–Kier alpha value is -3.75. The van der Waals surface area contributed by atoms with Crippen LogP contribution in [-0.2, 0) is 26.3 Å². The molecule has 2 aromatic carbocycles. The molecule has 0 fully saturated rings. The first-order chi connectivity index (χ1) is 16.1. The van der Waals surface area contributed by atoms with Crippen LogP contribution in [0.2, 0.25) is 0 Å². The number of para-hydroxylation sites is 1. The molecule has 2 aromatic heterocycles. The fourth-order valence-corrected chi connectivity index (χ4v) is 3.95. The van der Waals surface area contributed by atoms with Gasteiger partial charge in [0.05, 0.1) is 11.1 Å². The molecule has 0 unspecified atom stereocenters. The number of rotatable bonds is 6. The van der Waals surface area contributed by atoms with Gasteiger partial charge in [0.2, 0.25) is 0 Å². The molecule has 2 heterocycles. The van der Waals surface area contributed by atoms with Crippen LogP contribution in [0.25, 0.3) is 10.9 Å². The largest absolute Gasteiger partial charge is 0.416 e. The predicted molar refractivity (Wildman–Crippen MR) is 127 cm³/mol. The number of anilines is 2. The lowest BCUT2D eigenvalue weighted by atomic mass is 10.1. The number of alkyl halides is 3. The molecule has 9 heteroatoms. The first-order valence-electron chi connectivity index (χ1n) is 10.9. The van der Waals surface area contributed by atoms with Crippen LogP contribution in [0.15, 0.2) is 70.4 Å². The Labute approximate surface area is 193 Å². The highest BCUT2D eigenvalue weighted by atomic mass is 19.4. The molecule has 0 aliphatic heterocycles. The molecule has 0 aliphatic rings. The van der Waals surface area contributed by atoms with E-state index in [1.54, 1.807) is 15.3 Å². The van der Waals surface area contributed by atoms with Crippen molar-refractivity contribution in [3.8, 4) is 0 Å². The molecular weight excluding hydrogens is 445 g/mol. The van der Waals surface area contributed by atoms with Crippen molar-refractivity contribution < 1.29 is 13.2 Å². The summed E-state index contributed by atoms with van der Waals surface area (Å²) in [4.78, 5) is 26.1. The molecule has 4 aromatic rings. The van der Waals surface area contributed by atoms with Crippen molar-refractivity contribution in [2.75, 3.05) is 5.32 Å². The van der Waals surface area contributed by atoms with Crippen molar-refractivity contribution in [3.63, 3.8) is 0 Å². The number of nitrogens with one attached hydrogen (secondary N) is 1. The summed E-state index contributed by atoms with van der Waals surface area (Å²) in [6, 6.07) is 14.2. The average Bonchev–Trinajstić information content (AvgIpc) is 3.13. The zero-order valence-corrected chi connectivity index (χ0v) is 19.1. The summed E-state index contributed by atoms with van der Waals surface area (Å²) in [5, 5.41) is 3.62. The van der Waals surface area contributed by atoms with E-state index in [2.05, 4.69) is 5.32 Å². The van der Waals surface area contributed by atoms with E-state index in [-0.39, 0.29) is 12.5 Å². The van der Waals surface area contributed by atoms with Crippen LogP contribution >= 0.6 is 0 Å². The molecular formula is C25H25F3N4O2. The second kappa shape index (κ2) is 8.89. The summed E-state index contributed by atoms with van der Waals surface area (Å²) in [6.07, 6.45) is -2.71. The molecule has 178 valence electrons. The molecule has 4 rings (SSSR count). The first-order valence-corrected chi connectivity index (χ1v) is 10.9. The fourth-order valence-electron chi connectivity index (χ4n) is 3.95. The Morgan fingerprint density at radius 3 is 2.21 bits per heavy atom. The summed E-state index contributed by atoms with van der Waals surface area (Å²) >= 11 is 0.